The van der Waals surface area contributed by atoms with E-state index in [0.717, 1.165) is 17.1 Å². The summed E-state index contributed by atoms with van der Waals surface area (Å²) in [6.45, 7) is 4.66. The third-order valence-electron chi connectivity index (χ3n) is 9.88. The van der Waals surface area contributed by atoms with Gasteiger partial charge in [-0.25, -0.2) is 0 Å². The van der Waals surface area contributed by atoms with E-state index in [9.17, 15) is 0 Å². The average Bonchev–Trinajstić information content (AvgIpc) is 3.58. The van der Waals surface area contributed by atoms with Crippen molar-refractivity contribution in [1.29, 1.82) is 0 Å². The Balaban J connectivity index is 1.13. The molecule has 8 aromatic rings. The Morgan fingerprint density at radius 1 is 0.511 bits per heavy atom. The Kier molecular flexibility index (Phi) is 6.16. The van der Waals surface area contributed by atoms with Crippen LogP contribution in [0, 0.1) is 0 Å². The lowest BCUT2D eigenvalue weighted by atomic mass is 9.82. The third-order valence-corrected chi connectivity index (χ3v) is 9.88. The van der Waals surface area contributed by atoms with E-state index in [2.05, 4.69) is 174 Å². The maximum absolute atomic E-state index is 4.49. The molecule has 0 fully saturated rings. The monoisotopic (exact) mass is 603 g/mol. The number of hydrogen-bond donors (Lipinski definition) is 0. The maximum atomic E-state index is 4.49. The Bertz CT molecular complexity index is 2420. The van der Waals surface area contributed by atoms with E-state index < -0.39 is 0 Å². The first-order chi connectivity index (χ1) is 23.1. The second-order valence-electron chi connectivity index (χ2n) is 12.9. The average molecular weight is 604 g/mol. The van der Waals surface area contributed by atoms with E-state index in [1.165, 1.54) is 60.9 Å². The number of aromatic nitrogens is 2. The first kappa shape index (κ1) is 27.4. The summed E-state index contributed by atoms with van der Waals surface area (Å²) in [6, 6.07) is 54.9. The number of hydrogen-bond acceptors (Lipinski definition) is 2. The van der Waals surface area contributed by atoms with Gasteiger partial charge in [0.05, 0.1) is 22.9 Å². The van der Waals surface area contributed by atoms with E-state index >= 15 is 0 Å². The standard InChI is InChI=1S/C44H33N3/c1-44(2)40-16-8-6-14-36(40)37-24-23-34(28-41(37)44)46(35-13-10-26-45-29-35)33-21-18-30(19-22-33)31-20-25-43-39(27-31)38-15-7-9-17-42(38)47(43)32-11-4-3-5-12-32/h3-29H,1-2H3. The molecule has 9 rings (SSSR count). The molecule has 0 atom stereocenters. The minimum Gasteiger partial charge on any atom is -0.309 e. The molecule has 3 heteroatoms. The van der Waals surface area contributed by atoms with Crippen molar-refractivity contribution < 1.29 is 0 Å². The van der Waals surface area contributed by atoms with E-state index in [1.807, 2.05) is 18.5 Å². The van der Waals surface area contributed by atoms with Crippen LogP contribution < -0.4 is 4.90 Å². The number of para-hydroxylation sites is 2. The fraction of sp³-hybridized carbons (Fsp3) is 0.0682. The molecular weight excluding hydrogens is 571 g/mol. The Morgan fingerprint density at radius 2 is 1.21 bits per heavy atom. The van der Waals surface area contributed by atoms with E-state index in [0.29, 0.717) is 0 Å². The zero-order valence-electron chi connectivity index (χ0n) is 26.4. The van der Waals surface area contributed by atoms with Gasteiger partial charge in [0.1, 0.15) is 0 Å². The number of rotatable bonds is 5. The molecule has 1 aliphatic carbocycles. The van der Waals surface area contributed by atoms with Crippen molar-refractivity contribution in [2.45, 2.75) is 19.3 Å². The molecule has 0 radical (unpaired) electrons. The van der Waals surface area contributed by atoms with Gasteiger partial charge in [0, 0.05) is 39.4 Å². The summed E-state index contributed by atoms with van der Waals surface area (Å²) in [7, 11) is 0. The topological polar surface area (TPSA) is 21.1 Å². The first-order valence-corrected chi connectivity index (χ1v) is 16.2. The number of fused-ring (bicyclic) bond motifs is 6. The molecule has 6 aromatic carbocycles. The van der Waals surface area contributed by atoms with Crippen LogP contribution in [0.15, 0.2) is 164 Å². The van der Waals surface area contributed by atoms with Crippen LogP contribution in [0.25, 0.3) is 49.7 Å². The lowest BCUT2D eigenvalue weighted by molar-refractivity contribution is 0.660. The highest BCUT2D eigenvalue weighted by Gasteiger charge is 2.35. The molecule has 0 unspecified atom stereocenters. The van der Waals surface area contributed by atoms with Crippen molar-refractivity contribution in [2.75, 3.05) is 4.90 Å². The van der Waals surface area contributed by atoms with Gasteiger partial charge in [-0.3, -0.25) is 4.98 Å². The number of anilines is 3. The van der Waals surface area contributed by atoms with Crippen molar-refractivity contribution in [3.05, 3.63) is 175 Å². The van der Waals surface area contributed by atoms with E-state index in [1.54, 1.807) is 0 Å². The van der Waals surface area contributed by atoms with Crippen molar-refractivity contribution in [2.24, 2.45) is 0 Å². The third kappa shape index (κ3) is 4.31. The van der Waals surface area contributed by atoms with Crippen LogP contribution in [-0.4, -0.2) is 9.55 Å². The summed E-state index contributed by atoms with van der Waals surface area (Å²) in [4.78, 5) is 6.80. The van der Waals surface area contributed by atoms with Crippen molar-refractivity contribution in [1.82, 2.24) is 9.55 Å². The van der Waals surface area contributed by atoms with E-state index in [-0.39, 0.29) is 5.41 Å². The smallest absolute Gasteiger partial charge is 0.0644 e. The van der Waals surface area contributed by atoms with Crippen LogP contribution in [0.4, 0.5) is 17.1 Å². The zero-order valence-corrected chi connectivity index (χ0v) is 26.4. The van der Waals surface area contributed by atoms with Crippen LogP contribution in [-0.2, 0) is 5.41 Å². The lowest BCUT2D eigenvalue weighted by Crippen LogP contribution is -2.16. The molecule has 47 heavy (non-hydrogen) atoms. The molecule has 0 aliphatic heterocycles. The van der Waals surface area contributed by atoms with Gasteiger partial charge in [-0.15, -0.1) is 0 Å². The summed E-state index contributed by atoms with van der Waals surface area (Å²) in [5.41, 5.74) is 14.5. The fourth-order valence-electron chi connectivity index (χ4n) is 7.58. The van der Waals surface area contributed by atoms with Gasteiger partial charge < -0.3 is 9.47 Å². The van der Waals surface area contributed by atoms with Gasteiger partial charge in [0.25, 0.3) is 0 Å². The minimum absolute atomic E-state index is 0.0747. The molecule has 0 saturated carbocycles. The van der Waals surface area contributed by atoms with E-state index in [4.69, 9.17) is 0 Å². The molecule has 0 saturated heterocycles. The van der Waals surface area contributed by atoms with Crippen LogP contribution >= 0.6 is 0 Å². The second kappa shape index (κ2) is 10.6. The SMILES string of the molecule is CC1(C)c2ccccc2-c2ccc(N(c3ccc(-c4ccc5c(c4)c4ccccc4n5-c4ccccc4)cc3)c3cccnc3)cc21. The molecule has 0 N–H and O–H groups in total. The second-order valence-corrected chi connectivity index (χ2v) is 12.9. The van der Waals surface area contributed by atoms with Crippen LogP contribution in [0.5, 0.6) is 0 Å². The van der Waals surface area contributed by atoms with Crippen LogP contribution in [0.2, 0.25) is 0 Å². The fourth-order valence-corrected chi connectivity index (χ4v) is 7.58. The van der Waals surface area contributed by atoms with Gasteiger partial charge in [-0.2, -0.15) is 0 Å². The molecule has 2 heterocycles. The van der Waals surface area contributed by atoms with Gasteiger partial charge in [0.2, 0.25) is 0 Å². The highest BCUT2D eigenvalue weighted by molar-refractivity contribution is 6.10. The maximum Gasteiger partial charge on any atom is 0.0644 e. The largest absolute Gasteiger partial charge is 0.309 e. The highest BCUT2D eigenvalue weighted by Crippen LogP contribution is 2.50. The summed E-state index contributed by atoms with van der Waals surface area (Å²) in [5, 5.41) is 2.51. The predicted octanol–water partition coefficient (Wildman–Crippen LogP) is 11.6. The minimum atomic E-state index is -0.0747. The van der Waals surface area contributed by atoms with Gasteiger partial charge in [-0.05, 0) is 100 Å². The molecule has 2 aromatic heterocycles. The molecule has 0 spiro atoms. The summed E-state index contributed by atoms with van der Waals surface area (Å²) < 4.78 is 2.36. The quantitative estimate of drug-likeness (QED) is 0.195. The summed E-state index contributed by atoms with van der Waals surface area (Å²) in [5.74, 6) is 0. The van der Waals surface area contributed by atoms with Crippen molar-refractivity contribution in [3.63, 3.8) is 0 Å². The number of nitrogens with zero attached hydrogens (tertiary/aromatic N) is 3. The van der Waals surface area contributed by atoms with Crippen LogP contribution in [0.1, 0.15) is 25.0 Å². The van der Waals surface area contributed by atoms with Crippen molar-refractivity contribution >= 4 is 38.9 Å². The summed E-state index contributed by atoms with van der Waals surface area (Å²) in [6.07, 6.45) is 3.77. The lowest BCUT2D eigenvalue weighted by Gasteiger charge is -2.28. The predicted molar refractivity (Wildman–Crippen MR) is 196 cm³/mol. The molecule has 224 valence electrons. The molecule has 1 aliphatic rings. The zero-order chi connectivity index (χ0) is 31.5. The molecule has 3 nitrogen and oxygen atoms in total. The normalized spacial score (nSPS) is 13.1. The van der Waals surface area contributed by atoms with Crippen molar-refractivity contribution in [3.8, 4) is 27.9 Å². The molecule has 0 amide bonds. The van der Waals surface area contributed by atoms with Gasteiger partial charge in [0.15, 0.2) is 0 Å². The summed E-state index contributed by atoms with van der Waals surface area (Å²) >= 11 is 0. The number of pyridine rings is 1. The Hall–Kier alpha value is -5.93. The Labute approximate surface area is 275 Å². The molecular formula is C44H33N3. The highest BCUT2D eigenvalue weighted by atomic mass is 15.1. The van der Waals surface area contributed by atoms with Crippen LogP contribution in [0.3, 0.4) is 0 Å². The van der Waals surface area contributed by atoms with Gasteiger partial charge in [-0.1, -0.05) is 98.8 Å². The first-order valence-electron chi connectivity index (χ1n) is 16.2. The van der Waals surface area contributed by atoms with Gasteiger partial charge >= 0.3 is 0 Å². The molecule has 0 bridgehead atoms. The number of benzene rings is 6. The Morgan fingerprint density at radius 3 is 2.04 bits per heavy atom.